The number of hydrogen-bond donors (Lipinski definition) is 0. The van der Waals surface area contributed by atoms with E-state index in [0.29, 0.717) is 12.5 Å². The van der Waals surface area contributed by atoms with Crippen molar-refractivity contribution in [1.82, 2.24) is 9.97 Å². The minimum absolute atomic E-state index is 0.215. The summed E-state index contributed by atoms with van der Waals surface area (Å²) in [6.07, 6.45) is 5.98. The standard InChI is InChI=1S/C17H18N4O/c22-16-8-7-14-15(21(16)13-5-2-1-3-6-13)9-12-20(14)17-18-10-4-11-19-17/h1-6,10-11,14-15H,7-9,12H2/t14-,15-/m1/s1. The Morgan fingerprint density at radius 1 is 0.955 bits per heavy atom. The van der Waals surface area contributed by atoms with Gasteiger partial charge in [-0.2, -0.15) is 0 Å². The second kappa shape index (κ2) is 5.40. The van der Waals surface area contributed by atoms with E-state index in [1.807, 2.05) is 41.3 Å². The average Bonchev–Trinajstić information content (AvgIpc) is 3.00. The van der Waals surface area contributed by atoms with Crippen LogP contribution in [0, 0.1) is 0 Å². The molecule has 0 spiro atoms. The molecule has 0 unspecified atom stereocenters. The van der Waals surface area contributed by atoms with Gasteiger partial charge in [0.15, 0.2) is 0 Å². The van der Waals surface area contributed by atoms with Gasteiger partial charge in [-0.05, 0) is 31.0 Å². The summed E-state index contributed by atoms with van der Waals surface area (Å²) in [6, 6.07) is 12.3. The summed E-state index contributed by atoms with van der Waals surface area (Å²) >= 11 is 0. The van der Waals surface area contributed by atoms with Crippen LogP contribution < -0.4 is 9.80 Å². The van der Waals surface area contributed by atoms with Crippen molar-refractivity contribution in [3.8, 4) is 0 Å². The zero-order valence-electron chi connectivity index (χ0n) is 12.3. The summed E-state index contributed by atoms with van der Waals surface area (Å²) in [5, 5.41) is 0. The molecule has 2 atom stereocenters. The minimum Gasteiger partial charge on any atom is -0.336 e. The lowest BCUT2D eigenvalue weighted by Gasteiger charge is -2.39. The number of aromatic nitrogens is 2. The smallest absolute Gasteiger partial charge is 0.227 e. The fourth-order valence-electron chi connectivity index (χ4n) is 3.68. The van der Waals surface area contributed by atoms with Gasteiger partial charge in [0.25, 0.3) is 0 Å². The average molecular weight is 294 g/mol. The van der Waals surface area contributed by atoms with E-state index in [9.17, 15) is 4.79 Å². The van der Waals surface area contributed by atoms with Gasteiger partial charge in [0.05, 0.1) is 12.1 Å². The molecule has 5 nitrogen and oxygen atoms in total. The molecule has 1 aromatic heterocycles. The molecule has 112 valence electrons. The van der Waals surface area contributed by atoms with Crippen LogP contribution in [0.3, 0.4) is 0 Å². The maximum absolute atomic E-state index is 12.5. The van der Waals surface area contributed by atoms with Crippen molar-refractivity contribution in [3.63, 3.8) is 0 Å². The second-order valence-electron chi connectivity index (χ2n) is 5.80. The zero-order valence-corrected chi connectivity index (χ0v) is 12.3. The highest BCUT2D eigenvalue weighted by atomic mass is 16.2. The lowest BCUT2D eigenvalue weighted by atomic mass is 9.95. The SMILES string of the molecule is O=C1CC[C@@H]2[C@@H](CCN2c2ncccn2)N1c1ccccc1. The van der Waals surface area contributed by atoms with Crippen molar-refractivity contribution >= 4 is 17.5 Å². The van der Waals surface area contributed by atoms with Crippen molar-refractivity contribution in [1.29, 1.82) is 0 Å². The van der Waals surface area contributed by atoms with E-state index < -0.39 is 0 Å². The largest absolute Gasteiger partial charge is 0.336 e. The molecular weight excluding hydrogens is 276 g/mol. The van der Waals surface area contributed by atoms with Crippen LogP contribution in [-0.2, 0) is 4.79 Å². The van der Waals surface area contributed by atoms with Crippen molar-refractivity contribution in [3.05, 3.63) is 48.8 Å². The van der Waals surface area contributed by atoms with Crippen LogP contribution in [0.1, 0.15) is 19.3 Å². The Labute approximate surface area is 129 Å². The third kappa shape index (κ3) is 2.13. The van der Waals surface area contributed by atoms with Gasteiger partial charge in [0.1, 0.15) is 0 Å². The lowest BCUT2D eigenvalue weighted by Crippen LogP contribution is -2.52. The second-order valence-corrected chi connectivity index (χ2v) is 5.80. The van der Waals surface area contributed by atoms with Crippen LogP contribution in [0.2, 0.25) is 0 Å². The molecular formula is C17H18N4O. The van der Waals surface area contributed by atoms with Crippen LogP contribution in [-0.4, -0.2) is 34.5 Å². The fourth-order valence-corrected chi connectivity index (χ4v) is 3.68. The highest BCUT2D eigenvalue weighted by Crippen LogP contribution is 2.35. The molecule has 5 heteroatoms. The molecule has 2 saturated heterocycles. The first-order valence-electron chi connectivity index (χ1n) is 7.75. The van der Waals surface area contributed by atoms with Crippen molar-refractivity contribution in [2.45, 2.75) is 31.3 Å². The van der Waals surface area contributed by atoms with E-state index in [0.717, 1.165) is 31.0 Å². The van der Waals surface area contributed by atoms with Crippen LogP contribution in [0.4, 0.5) is 11.6 Å². The highest BCUT2D eigenvalue weighted by Gasteiger charge is 2.44. The van der Waals surface area contributed by atoms with E-state index in [2.05, 4.69) is 14.9 Å². The number of para-hydroxylation sites is 1. The molecule has 0 aliphatic carbocycles. The summed E-state index contributed by atoms with van der Waals surface area (Å²) in [5.74, 6) is 1.00. The Morgan fingerprint density at radius 3 is 2.50 bits per heavy atom. The number of carbonyl (C=O) groups excluding carboxylic acids is 1. The number of carbonyl (C=O) groups is 1. The molecule has 2 fully saturated rings. The molecule has 3 heterocycles. The summed E-state index contributed by atoms with van der Waals surface area (Å²) in [7, 11) is 0. The Kier molecular flexibility index (Phi) is 3.25. The zero-order chi connectivity index (χ0) is 14.9. The van der Waals surface area contributed by atoms with E-state index >= 15 is 0 Å². The van der Waals surface area contributed by atoms with Crippen molar-refractivity contribution < 1.29 is 4.79 Å². The number of anilines is 2. The number of piperidine rings is 1. The molecule has 4 rings (SSSR count). The van der Waals surface area contributed by atoms with E-state index in [1.54, 1.807) is 12.4 Å². The first kappa shape index (κ1) is 13.2. The molecule has 1 amide bonds. The molecule has 0 radical (unpaired) electrons. The first-order chi connectivity index (χ1) is 10.8. The lowest BCUT2D eigenvalue weighted by molar-refractivity contribution is -0.120. The van der Waals surface area contributed by atoms with Gasteiger partial charge in [-0.25, -0.2) is 9.97 Å². The van der Waals surface area contributed by atoms with Crippen LogP contribution in [0.15, 0.2) is 48.8 Å². The number of hydrogen-bond acceptors (Lipinski definition) is 4. The van der Waals surface area contributed by atoms with E-state index in [4.69, 9.17) is 0 Å². The first-order valence-corrected chi connectivity index (χ1v) is 7.75. The molecule has 2 aromatic rings. The maximum atomic E-state index is 12.5. The molecule has 2 aliphatic heterocycles. The van der Waals surface area contributed by atoms with Crippen molar-refractivity contribution in [2.24, 2.45) is 0 Å². The summed E-state index contributed by atoms with van der Waals surface area (Å²) in [5.41, 5.74) is 0.998. The topological polar surface area (TPSA) is 49.3 Å². The molecule has 1 aromatic carbocycles. The normalized spacial score (nSPS) is 24.5. The van der Waals surface area contributed by atoms with Crippen LogP contribution in [0.25, 0.3) is 0 Å². The maximum Gasteiger partial charge on any atom is 0.227 e. The van der Waals surface area contributed by atoms with E-state index in [-0.39, 0.29) is 11.9 Å². The van der Waals surface area contributed by atoms with Crippen LogP contribution in [0.5, 0.6) is 0 Å². The third-order valence-electron chi connectivity index (χ3n) is 4.61. The monoisotopic (exact) mass is 294 g/mol. The Bertz CT molecular complexity index is 661. The number of rotatable bonds is 2. The predicted octanol–water partition coefficient (Wildman–Crippen LogP) is 2.25. The van der Waals surface area contributed by atoms with E-state index in [1.165, 1.54) is 0 Å². The van der Waals surface area contributed by atoms with Gasteiger partial charge in [-0.15, -0.1) is 0 Å². The van der Waals surface area contributed by atoms with Gasteiger partial charge >= 0.3 is 0 Å². The summed E-state index contributed by atoms with van der Waals surface area (Å²) in [4.78, 5) is 25.5. The number of benzene rings is 1. The summed E-state index contributed by atoms with van der Waals surface area (Å²) in [6.45, 7) is 0.899. The van der Waals surface area contributed by atoms with Gasteiger partial charge in [-0.1, -0.05) is 18.2 Å². The fraction of sp³-hybridized carbons (Fsp3) is 0.353. The number of amides is 1. The third-order valence-corrected chi connectivity index (χ3v) is 4.61. The van der Waals surface area contributed by atoms with Gasteiger partial charge < -0.3 is 9.80 Å². The Hall–Kier alpha value is -2.43. The predicted molar refractivity (Wildman–Crippen MR) is 84.7 cm³/mol. The Morgan fingerprint density at radius 2 is 1.73 bits per heavy atom. The number of nitrogens with zero attached hydrogens (tertiary/aromatic N) is 4. The van der Waals surface area contributed by atoms with Crippen molar-refractivity contribution in [2.75, 3.05) is 16.3 Å². The highest BCUT2D eigenvalue weighted by molar-refractivity contribution is 5.95. The Balaban J connectivity index is 1.65. The van der Waals surface area contributed by atoms with Gasteiger partial charge in [0.2, 0.25) is 11.9 Å². The minimum atomic E-state index is 0.215. The number of fused-ring (bicyclic) bond motifs is 1. The molecule has 0 bridgehead atoms. The molecule has 0 N–H and O–H groups in total. The quantitative estimate of drug-likeness (QED) is 0.852. The van der Waals surface area contributed by atoms with Crippen LogP contribution >= 0.6 is 0 Å². The van der Waals surface area contributed by atoms with Gasteiger partial charge in [0, 0.05) is 31.0 Å². The summed E-state index contributed by atoms with van der Waals surface area (Å²) < 4.78 is 0. The molecule has 22 heavy (non-hydrogen) atoms. The van der Waals surface area contributed by atoms with Gasteiger partial charge in [-0.3, -0.25) is 4.79 Å². The molecule has 2 aliphatic rings. The molecule has 0 saturated carbocycles.